The Kier molecular flexibility index (Phi) is 4.74. The number of rotatable bonds is 5. The Morgan fingerprint density at radius 2 is 2.16 bits per heavy atom. The molecule has 3 N–H and O–H groups in total. The first-order valence-electron chi connectivity index (χ1n) is 5.79. The summed E-state index contributed by atoms with van der Waals surface area (Å²) >= 11 is 1.50. The van der Waals surface area contributed by atoms with E-state index in [1.54, 1.807) is 30.7 Å². The molecule has 0 saturated heterocycles. The largest absolute Gasteiger partial charge is 0.397 e. The van der Waals surface area contributed by atoms with E-state index in [0.717, 1.165) is 5.03 Å². The van der Waals surface area contributed by atoms with Gasteiger partial charge in [0.2, 0.25) is 5.91 Å². The molecular weight excluding hydrogens is 260 g/mol. The van der Waals surface area contributed by atoms with Gasteiger partial charge in [0.05, 0.1) is 17.6 Å². The Morgan fingerprint density at radius 3 is 2.89 bits per heavy atom. The zero-order valence-corrected chi connectivity index (χ0v) is 11.1. The molecule has 0 unspecified atom stereocenters. The van der Waals surface area contributed by atoms with Gasteiger partial charge in [0.1, 0.15) is 5.03 Å². The highest BCUT2D eigenvalue weighted by molar-refractivity contribution is 7.99. The molecule has 0 radical (unpaired) electrons. The van der Waals surface area contributed by atoms with Gasteiger partial charge < -0.3 is 11.1 Å². The Hall–Kier alpha value is -2.08. The van der Waals surface area contributed by atoms with E-state index in [1.807, 2.05) is 12.1 Å². The Labute approximate surface area is 115 Å². The molecule has 0 fully saturated rings. The first kappa shape index (κ1) is 13.4. The van der Waals surface area contributed by atoms with Crippen molar-refractivity contribution in [2.75, 3.05) is 16.8 Å². The van der Waals surface area contributed by atoms with E-state index in [2.05, 4.69) is 15.3 Å². The minimum atomic E-state index is -0.0608. The molecule has 2 aromatic rings. The van der Waals surface area contributed by atoms with Crippen molar-refractivity contribution in [2.45, 2.75) is 11.4 Å². The molecule has 19 heavy (non-hydrogen) atoms. The lowest BCUT2D eigenvalue weighted by atomic mass is 10.2. The van der Waals surface area contributed by atoms with Crippen molar-refractivity contribution in [2.24, 2.45) is 0 Å². The van der Waals surface area contributed by atoms with E-state index in [4.69, 9.17) is 5.73 Å². The van der Waals surface area contributed by atoms with Crippen LogP contribution in [0.5, 0.6) is 0 Å². The summed E-state index contributed by atoms with van der Waals surface area (Å²) in [4.78, 5) is 19.8. The third-order valence-electron chi connectivity index (χ3n) is 2.35. The predicted molar refractivity (Wildman–Crippen MR) is 76.9 cm³/mol. The molecule has 0 aliphatic rings. The van der Waals surface area contributed by atoms with Gasteiger partial charge in [-0.15, -0.1) is 11.8 Å². The van der Waals surface area contributed by atoms with Gasteiger partial charge in [0.15, 0.2) is 0 Å². The molecule has 98 valence electrons. The number of carbonyl (C=O) groups is 1. The van der Waals surface area contributed by atoms with Crippen molar-refractivity contribution >= 4 is 29.0 Å². The molecule has 0 aliphatic heterocycles. The Balaban J connectivity index is 1.78. The van der Waals surface area contributed by atoms with Crippen LogP contribution in [0, 0.1) is 0 Å². The first-order chi connectivity index (χ1) is 9.25. The molecule has 0 saturated carbocycles. The molecule has 0 bridgehead atoms. The van der Waals surface area contributed by atoms with Crippen molar-refractivity contribution in [3.63, 3.8) is 0 Å². The number of nitrogen functional groups attached to an aromatic ring is 1. The summed E-state index contributed by atoms with van der Waals surface area (Å²) in [5.74, 6) is 0.589. The lowest BCUT2D eigenvalue weighted by molar-refractivity contribution is -0.115. The van der Waals surface area contributed by atoms with E-state index in [1.165, 1.54) is 11.8 Å². The van der Waals surface area contributed by atoms with Gasteiger partial charge in [-0.25, -0.2) is 4.98 Å². The molecule has 0 atom stereocenters. The standard InChI is InChI=1S/C13H14N4OS/c14-10-3-1-2-4-11(10)17-12(18)5-8-19-13-9-15-6-7-16-13/h1-4,6-7,9H,5,8,14H2,(H,17,18). The summed E-state index contributed by atoms with van der Waals surface area (Å²) in [7, 11) is 0. The summed E-state index contributed by atoms with van der Waals surface area (Å²) in [6, 6.07) is 7.20. The number of thioether (sulfide) groups is 1. The number of nitrogens with two attached hydrogens (primary N) is 1. The van der Waals surface area contributed by atoms with E-state index in [9.17, 15) is 4.79 Å². The van der Waals surface area contributed by atoms with E-state index in [-0.39, 0.29) is 5.91 Å². The van der Waals surface area contributed by atoms with Crippen LogP contribution in [0.15, 0.2) is 47.9 Å². The van der Waals surface area contributed by atoms with Gasteiger partial charge in [0.25, 0.3) is 0 Å². The monoisotopic (exact) mass is 274 g/mol. The fourth-order valence-corrected chi connectivity index (χ4v) is 2.20. The van der Waals surface area contributed by atoms with Crippen LogP contribution in [0.1, 0.15) is 6.42 Å². The van der Waals surface area contributed by atoms with Gasteiger partial charge in [-0.1, -0.05) is 12.1 Å². The minimum absolute atomic E-state index is 0.0608. The van der Waals surface area contributed by atoms with E-state index in [0.29, 0.717) is 23.5 Å². The summed E-state index contributed by atoms with van der Waals surface area (Å²) in [6.07, 6.45) is 5.33. The Morgan fingerprint density at radius 1 is 1.32 bits per heavy atom. The second kappa shape index (κ2) is 6.75. The third kappa shape index (κ3) is 4.26. The number of nitrogens with zero attached hydrogens (tertiary/aromatic N) is 2. The van der Waals surface area contributed by atoms with E-state index < -0.39 is 0 Å². The van der Waals surface area contributed by atoms with Crippen LogP contribution in [0.2, 0.25) is 0 Å². The second-order valence-electron chi connectivity index (χ2n) is 3.78. The lowest BCUT2D eigenvalue weighted by Gasteiger charge is -2.07. The molecule has 1 heterocycles. The maximum Gasteiger partial charge on any atom is 0.225 e. The number of aromatic nitrogens is 2. The fraction of sp³-hybridized carbons (Fsp3) is 0.154. The normalized spacial score (nSPS) is 10.1. The Bertz CT molecular complexity index is 547. The second-order valence-corrected chi connectivity index (χ2v) is 4.89. The molecule has 1 aromatic heterocycles. The van der Waals surface area contributed by atoms with Crippen LogP contribution in [0.3, 0.4) is 0 Å². The van der Waals surface area contributed by atoms with Crippen molar-refractivity contribution < 1.29 is 4.79 Å². The van der Waals surface area contributed by atoms with Crippen molar-refractivity contribution in [1.82, 2.24) is 9.97 Å². The quantitative estimate of drug-likeness (QED) is 0.645. The van der Waals surface area contributed by atoms with Crippen LogP contribution in [-0.4, -0.2) is 21.6 Å². The van der Waals surface area contributed by atoms with Gasteiger partial charge in [-0.2, -0.15) is 0 Å². The molecule has 6 heteroatoms. The topological polar surface area (TPSA) is 80.9 Å². The van der Waals surface area contributed by atoms with Crippen LogP contribution >= 0.6 is 11.8 Å². The summed E-state index contributed by atoms with van der Waals surface area (Å²) in [5, 5.41) is 3.60. The molecular formula is C13H14N4OS. The SMILES string of the molecule is Nc1ccccc1NC(=O)CCSc1cnccn1. The van der Waals surface area contributed by atoms with Gasteiger partial charge in [0, 0.05) is 24.6 Å². The number of nitrogens with one attached hydrogen (secondary N) is 1. The molecule has 0 aliphatic carbocycles. The molecule has 5 nitrogen and oxygen atoms in total. The maximum atomic E-state index is 11.7. The van der Waals surface area contributed by atoms with Crippen molar-refractivity contribution in [3.8, 4) is 0 Å². The summed E-state index contributed by atoms with van der Waals surface area (Å²) in [5.41, 5.74) is 6.97. The van der Waals surface area contributed by atoms with Gasteiger partial charge in [-0.05, 0) is 12.1 Å². The molecule has 2 rings (SSSR count). The highest BCUT2D eigenvalue weighted by atomic mass is 32.2. The van der Waals surface area contributed by atoms with Crippen LogP contribution < -0.4 is 11.1 Å². The van der Waals surface area contributed by atoms with Crippen LogP contribution in [0.4, 0.5) is 11.4 Å². The predicted octanol–water partition coefficient (Wildman–Crippen LogP) is 2.18. The number of anilines is 2. The van der Waals surface area contributed by atoms with Gasteiger partial charge >= 0.3 is 0 Å². The molecule has 0 spiro atoms. The van der Waals surface area contributed by atoms with Crippen molar-refractivity contribution in [1.29, 1.82) is 0 Å². The average Bonchev–Trinajstić information content (AvgIpc) is 2.43. The number of hydrogen-bond acceptors (Lipinski definition) is 5. The zero-order chi connectivity index (χ0) is 13.5. The average molecular weight is 274 g/mol. The van der Waals surface area contributed by atoms with E-state index >= 15 is 0 Å². The smallest absolute Gasteiger partial charge is 0.225 e. The molecule has 1 aromatic carbocycles. The molecule has 1 amide bonds. The lowest BCUT2D eigenvalue weighted by Crippen LogP contribution is -2.13. The minimum Gasteiger partial charge on any atom is -0.397 e. The van der Waals surface area contributed by atoms with Gasteiger partial charge in [-0.3, -0.25) is 9.78 Å². The number of amides is 1. The highest BCUT2D eigenvalue weighted by Gasteiger charge is 2.05. The third-order valence-corrected chi connectivity index (χ3v) is 3.27. The maximum absolute atomic E-state index is 11.7. The number of carbonyl (C=O) groups excluding carboxylic acids is 1. The highest BCUT2D eigenvalue weighted by Crippen LogP contribution is 2.18. The summed E-state index contributed by atoms with van der Waals surface area (Å²) < 4.78 is 0. The number of para-hydroxylation sites is 2. The van der Waals surface area contributed by atoms with Crippen LogP contribution in [0.25, 0.3) is 0 Å². The van der Waals surface area contributed by atoms with Crippen LogP contribution in [-0.2, 0) is 4.79 Å². The van der Waals surface area contributed by atoms with Crippen molar-refractivity contribution in [3.05, 3.63) is 42.9 Å². The fourth-order valence-electron chi connectivity index (χ4n) is 1.43. The first-order valence-corrected chi connectivity index (χ1v) is 6.77. The number of benzene rings is 1. The number of hydrogen-bond donors (Lipinski definition) is 2. The summed E-state index contributed by atoms with van der Waals surface area (Å²) in [6.45, 7) is 0. The zero-order valence-electron chi connectivity index (χ0n) is 10.2.